The third-order valence-corrected chi connectivity index (χ3v) is 2.81. The van der Waals surface area contributed by atoms with E-state index in [0.717, 1.165) is 28.8 Å². The van der Waals surface area contributed by atoms with Gasteiger partial charge in [0, 0.05) is 4.47 Å². The third kappa shape index (κ3) is 2.15. The molecule has 0 radical (unpaired) electrons. The van der Waals surface area contributed by atoms with E-state index < -0.39 is 0 Å². The summed E-state index contributed by atoms with van der Waals surface area (Å²) in [5.41, 5.74) is 0.746. The van der Waals surface area contributed by atoms with Gasteiger partial charge in [0.05, 0.1) is 5.69 Å². The molecular weight excluding hydrogens is 258 g/mol. The number of ether oxygens (including phenoxy) is 1. The molecule has 0 aliphatic carbocycles. The van der Waals surface area contributed by atoms with Gasteiger partial charge in [0.2, 0.25) is 0 Å². The van der Waals surface area contributed by atoms with E-state index in [9.17, 15) is 4.79 Å². The number of rotatable bonds is 2. The highest BCUT2D eigenvalue weighted by molar-refractivity contribution is 9.10. The third-order valence-electron chi connectivity index (χ3n) is 2.31. The van der Waals surface area contributed by atoms with Crippen molar-refractivity contribution < 1.29 is 9.53 Å². The van der Waals surface area contributed by atoms with Crippen LogP contribution >= 0.6 is 15.9 Å². The van der Waals surface area contributed by atoms with E-state index in [1.807, 2.05) is 25.1 Å². The quantitative estimate of drug-likeness (QED) is 0.897. The summed E-state index contributed by atoms with van der Waals surface area (Å²) >= 11 is 3.37. The number of carbonyl (C=O) groups is 1. The summed E-state index contributed by atoms with van der Waals surface area (Å²) in [6.45, 7) is 2.03. The molecule has 1 aliphatic rings. The molecule has 1 heterocycles. The second kappa shape index (κ2) is 4.23. The summed E-state index contributed by atoms with van der Waals surface area (Å²) in [5, 5.41) is 2.84. The molecule has 15 heavy (non-hydrogen) atoms. The van der Waals surface area contributed by atoms with Crippen LogP contribution in [0.15, 0.2) is 22.7 Å². The van der Waals surface area contributed by atoms with Crippen LogP contribution in [-0.2, 0) is 4.79 Å². The van der Waals surface area contributed by atoms with E-state index >= 15 is 0 Å². The lowest BCUT2D eigenvalue weighted by Gasteiger charge is -2.25. The first-order valence-electron chi connectivity index (χ1n) is 4.97. The fourth-order valence-corrected chi connectivity index (χ4v) is 1.91. The van der Waals surface area contributed by atoms with E-state index in [-0.39, 0.29) is 12.0 Å². The summed E-state index contributed by atoms with van der Waals surface area (Å²) in [6.07, 6.45) is 1.33. The molecular formula is C11H12BrNO2. The average Bonchev–Trinajstić information content (AvgIpc) is 2.20. The van der Waals surface area contributed by atoms with Crippen molar-refractivity contribution in [3.8, 4) is 5.75 Å². The molecule has 80 valence electrons. The molecule has 1 aliphatic heterocycles. The van der Waals surface area contributed by atoms with Gasteiger partial charge < -0.3 is 10.1 Å². The fourth-order valence-electron chi connectivity index (χ4n) is 1.57. The maximum atomic E-state index is 11.6. The molecule has 0 fully saturated rings. The van der Waals surface area contributed by atoms with Gasteiger partial charge in [-0.05, 0) is 24.6 Å². The standard InChI is InChI=1S/C11H12BrNO2/c1-2-3-9-11(14)13-8-5-4-7(12)6-10(8)15-9/h4-6,9H,2-3H2,1H3,(H,13,14). The largest absolute Gasteiger partial charge is 0.478 e. The number of benzene rings is 1. The number of halogens is 1. The molecule has 0 bridgehead atoms. The smallest absolute Gasteiger partial charge is 0.265 e. The van der Waals surface area contributed by atoms with Crippen LogP contribution in [-0.4, -0.2) is 12.0 Å². The predicted octanol–water partition coefficient (Wildman–Crippen LogP) is 2.95. The lowest BCUT2D eigenvalue weighted by Crippen LogP contribution is -2.36. The average molecular weight is 270 g/mol. The number of hydrogen-bond donors (Lipinski definition) is 1. The van der Waals surface area contributed by atoms with Gasteiger partial charge in [0.1, 0.15) is 5.75 Å². The molecule has 1 amide bonds. The van der Waals surface area contributed by atoms with E-state index in [4.69, 9.17) is 4.74 Å². The zero-order valence-electron chi connectivity index (χ0n) is 8.42. The van der Waals surface area contributed by atoms with E-state index in [0.29, 0.717) is 0 Å². The summed E-state index contributed by atoms with van der Waals surface area (Å²) in [6, 6.07) is 5.58. The van der Waals surface area contributed by atoms with Gasteiger partial charge in [-0.25, -0.2) is 0 Å². The normalized spacial score (nSPS) is 19.1. The Kier molecular flexibility index (Phi) is 2.95. The number of hydrogen-bond acceptors (Lipinski definition) is 2. The Labute approximate surface area is 96.9 Å². The number of nitrogens with one attached hydrogen (secondary N) is 1. The number of amides is 1. The maximum Gasteiger partial charge on any atom is 0.265 e. The van der Waals surface area contributed by atoms with Crippen LogP contribution in [0.25, 0.3) is 0 Å². The minimum atomic E-state index is -0.350. The zero-order valence-corrected chi connectivity index (χ0v) is 10.0. The van der Waals surface area contributed by atoms with Crippen molar-refractivity contribution in [3.63, 3.8) is 0 Å². The second-order valence-corrected chi connectivity index (χ2v) is 4.44. The second-order valence-electron chi connectivity index (χ2n) is 3.52. The maximum absolute atomic E-state index is 11.6. The summed E-state index contributed by atoms with van der Waals surface area (Å²) in [4.78, 5) is 11.6. The molecule has 3 nitrogen and oxygen atoms in total. The zero-order chi connectivity index (χ0) is 10.8. The topological polar surface area (TPSA) is 38.3 Å². The molecule has 4 heteroatoms. The summed E-state index contributed by atoms with van der Waals surface area (Å²) in [5.74, 6) is 0.689. The van der Waals surface area contributed by atoms with E-state index in [1.165, 1.54) is 0 Å². The molecule has 0 saturated heterocycles. The van der Waals surface area contributed by atoms with Gasteiger partial charge in [-0.1, -0.05) is 29.3 Å². The van der Waals surface area contributed by atoms with Gasteiger partial charge in [0.15, 0.2) is 6.10 Å². The first-order chi connectivity index (χ1) is 7.20. The Morgan fingerprint density at radius 1 is 1.53 bits per heavy atom. The highest BCUT2D eigenvalue weighted by Crippen LogP contribution is 2.33. The molecule has 0 aromatic heterocycles. The van der Waals surface area contributed by atoms with Crippen molar-refractivity contribution in [2.45, 2.75) is 25.9 Å². The molecule has 1 unspecified atom stereocenters. The van der Waals surface area contributed by atoms with Gasteiger partial charge in [-0.3, -0.25) is 4.79 Å². The van der Waals surface area contributed by atoms with Crippen LogP contribution in [0.4, 0.5) is 5.69 Å². The van der Waals surface area contributed by atoms with Gasteiger partial charge in [-0.2, -0.15) is 0 Å². The van der Waals surface area contributed by atoms with Crippen LogP contribution < -0.4 is 10.1 Å². The number of fused-ring (bicyclic) bond motifs is 1. The monoisotopic (exact) mass is 269 g/mol. The Hall–Kier alpha value is -1.03. The molecule has 2 rings (SSSR count). The van der Waals surface area contributed by atoms with Gasteiger partial charge in [0.25, 0.3) is 5.91 Å². The Bertz CT molecular complexity index is 392. The van der Waals surface area contributed by atoms with Crippen molar-refractivity contribution in [1.29, 1.82) is 0 Å². The van der Waals surface area contributed by atoms with Crippen LogP contribution in [0.2, 0.25) is 0 Å². The van der Waals surface area contributed by atoms with Crippen LogP contribution in [0.1, 0.15) is 19.8 Å². The van der Waals surface area contributed by atoms with E-state index in [2.05, 4.69) is 21.2 Å². The fraction of sp³-hybridized carbons (Fsp3) is 0.364. The molecule has 1 aromatic rings. The van der Waals surface area contributed by atoms with Crippen molar-refractivity contribution in [2.75, 3.05) is 5.32 Å². The molecule has 1 atom stereocenters. The molecule has 1 aromatic carbocycles. The highest BCUT2D eigenvalue weighted by atomic mass is 79.9. The van der Waals surface area contributed by atoms with Crippen molar-refractivity contribution in [1.82, 2.24) is 0 Å². The van der Waals surface area contributed by atoms with Crippen molar-refractivity contribution in [2.24, 2.45) is 0 Å². The highest BCUT2D eigenvalue weighted by Gasteiger charge is 2.26. The lowest BCUT2D eigenvalue weighted by atomic mass is 10.1. The predicted molar refractivity (Wildman–Crippen MR) is 62.1 cm³/mol. The first kappa shape index (κ1) is 10.5. The molecule has 1 N–H and O–H groups in total. The van der Waals surface area contributed by atoms with Gasteiger partial charge in [-0.15, -0.1) is 0 Å². The SMILES string of the molecule is CCCC1Oc2cc(Br)ccc2NC1=O. The molecule has 0 saturated carbocycles. The minimum absolute atomic E-state index is 0.0494. The van der Waals surface area contributed by atoms with Gasteiger partial charge >= 0.3 is 0 Å². The van der Waals surface area contributed by atoms with Crippen molar-refractivity contribution in [3.05, 3.63) is 22.7 Å². The van der Waals surface area contributed by atoms with Crippen LogP contribution in [0.3, 0.4) is 0 Å². The number of carbonyl (C=O) groups excluding carboxylic acids is 1. The summed E-state index contributed by atoms with van der Waals surface area (Å²) < 4.78 is 6.57. The molecule has 0 spiro atoms. The van der Waals surface area contributed by atoms with Crippen LogP contribution in [0.5, 0.6) is 5.75 Å². The Morgan fingerprint density at radius 2 is 2.33 bits per heavy atom. The first-order valence-corrected chi connectivity index (χ1v) is 5.77. The minimum Gasteiger partial charge on any atom is -0.478 e. The number of anilines is 1. The Morgan fingerprint density at radius 3 is 3.07 bits per heavy atom. The van der Waals surface area contributed by atoms with E-state index in [1.54, 1.807) is 0 Å². The van der Waals surface area contributed by atoms with Crippen LogP contribution in [0, 0.1) is 0 Å². The van der Waals surface area contributed by atoms with Crippen molar-refractivity contribution >= 4 is 27.5 Å². The summed E-state index contributed by atoms with van der Waals surface area (Å²) in [7, 11) is 0. The lowest BCUT2D eigenvalue weighted by molar-refractivity contribution is -0.123. The Balaban J connectivity index is 2.26.